The summed E-state index contributed by atoms with van der Waals surface area (Å²) in [5, 5.41) is 23.4. The van der Waals surface area contributed by atoms with Gasteiger partial charge in [-0.05, 0) is 52.0 Å². The zero-order chi connectivity index (χ0) is 24.9. The van der Waals surface area contributed by atoms with E-state index in [-0.39, 0.29) is 11.7 Å². The van der Waals surface area contributed by atoms with Crippen molar-refractivity contribution in [1.82, 2.24) is 30.4 Å². The summed E-state index contributed by atoms with van der Waals surface area (Å²) < 4.78 is 1.71. The Morgan fingerprint density at radius 3 is 2.66 bits per heavy atom. The van der Waals surface area contributed by atoms with Crippen LogP contribution in [-0.4, -0.2) is 62.5 Å². The van der Waals surface area contributed by atoms with Crippen LogP contribution in [0.15, 0.2) is 30.5 Å². The van der Waals surface area contributed by atoms with Crippen molar-refractivity contribution in [2.24, 2.45) is 7.05 Å². The van der Waals surface area contributed by atoms with Gasteiger partial charge in [0.05, 0.1) is 16.6 Å². The summed E-state index contributed by atoms with van der Waals surface area (Å²) in [5.74, 6) is 0.110. The molecule has 0 saturated carbocycles. The summed E-state index contributed by atoms with van der Waals surface area (Å²) in [4.78, 5) is 24.9. The third kappa shape index (κ3) is 4.16. The van der Waals surface area contributed by atoms with Gasteiger partial charge in [0.1, 0.15) is 11.4 Å². The molecule has 0 radical (unpaired) electrons. The first kappa shape index (κ1) is 23.0. The average Bonchev–Trinajstić information content (AvgIpc) is 3.20. The molecule has 0 unspecified atom stereocenters. The second-order valence-corrected chi connectivity index (χ2v) is 9.47. The lowest BCUT2D eigenvalue weighted by molar-refractivity contribution is 0.0952. The molecule has 182 valence electrons. The van der Waals surface area contributed by atoms with E-state index in [1.165, 1.54) is 0 Å². The fourth-order valence-electron chi connectivity index (χ4n) is 5.00. The molecule has 1 fully saturated rings. The van der Waals surface area contributed by atoms with Gasteiger partial charge >= 0.3 is 0 Å². The van der Waals surface area contributed by atoms with Crippen molar-refractivity contribution in [2.75, 3.05) is 24.5 Å². The average molecular weight is 474 g/mol. The van der Waals surface area contributed by atoms with Crippen LogP contribution in [0.25, 0.3) is 33.2 Å². The molecule has 2 aromatic heterocycles. The first-order chi connectivity index (χ1) is 16.7. The molecule has 1 amide bonds. The van der Waals surface area contributed by atoms with Crippen molar-refractivity contribution in [3.05, 3.63) is 41.7 Å². The summed E-state index contributed by atoms with van der Waals surface area (Å²) in [6.45, 7) is 10.3. The number of aromatic hydroxyl groups is 1. The van der Waals surface area contributed by atoms with Gasteiger partial charge in [-0.1, -0.05) is 0 Å². The van der Waals surface area contributed by atoms with Gasteiger partial charge in [0, 0.05) is 67.0 Å². The minimum Gasteiger partial charge on any atom is -0.507 e. The second kappa shape index (κ2) is 8.81. The molecular formula is C26H31N7O2. The van der Waals surface area contributed by atoms with Crippen LogP contribution in [0.4, 0.5) is 5.69 Å². The number of piperazine rings is 1. The number of amides is 1. The zero-order valence-corrected chi connectivity index (χ0v) is 20.8. The van der Waals surface area contributed by atoms with E-state index in [2.05, 4.69) is 39.5 Å². The van der Waals surface area contributed by atoms with Crippen LogP contribution in [-0.2, 0) is 7.05 Å². The molecule has 0 bridgehead atoms. The fourth-order valence-corrected chi connectivity index (χ4v) is 5.00. The molecule has 3 heterocycles. The summed E-state index contributed by atoms with van der Waals surface area (Å²) in [7, 11) is 1.84. The topological polar surface area (TPSA) is 108 Å². The molecule has 9 nitrogen and oxygen atoms in total. The van der Waals surface area contributed by atoms with Crippen molar-refractivity contribution >= 4 is 33.4 Å². The minimum absolute atomic E-state index is 0.0674. The van der Waals surface area contributed by atoms with Gasteiger partial charge in [-0.15, -0.1) is 0 Å². The fraction of sp³-hybridized carbons (Fsp3) is 0.385. The SMILES string of the molecule is CCNC(=O)c1nc(-c2cc3cn(C)nc3c(C)c2O)nc2ccc(N3C[C@@H](C)N[C@@H](C)C3)cc12. The number of carbonyl (C=O) groups is 1. The molecule has 35 heavy (non-hydrogen) atoms. The molecule has 2 aromatic carbocycles. The number of aromatic nitrogens is 4. The monoisotopic (exact) mass is 473 g/mol. The highest BCUT2D eigenvalue weighted by Gasteiger charge is 2.24. The number of nitrogens with zero attached hydrogens (tertiary/aromatic N) is 5. The molecule has 0 aliphatic carbocycles. The third-order valence-electron chi connectivity index (χ3n) is 6.52. The van der Waals surface area contributed by atoms with Crippen LogP contribution in [0.5, 0.6) is 5.75 Å². The van der Waals surface area contributed by atoms with Crippen LogP contribution in [0.1, 0.15) is 36.8 Å². The second-order valence-electron chi connectivity index (χ2n) is 9.47. The molecule has 4 aromatic rings. The van der Waals surface area contributed by atoms with E-state index < -0.39 is 0 Å². The summed E-state index contributed by atoms with van der Waals surface area (Å²) >= 11 is 0. The molecule has 1 aliphatic rings. The van der Waals surface area contributed by atoms with E-state index in [1.807, 2.05) is 51.4 Å². The van der Waals surface area contributed by atoms with Gasteiger partial charge in [0.25, 0.3) is 5.91 Å². The lowest BCUT2D eigenvalue weighted by Gasteiger charge is -2.37. The Balaban J connectivity index is 1.68. The normalized spacial score (nSPS) is 18.4. The van der Waals surface area contributed by atoms with Gasteiger partial charge in [0.15, 0.2) is 5.82 Å². The van der Waals surface area contributed by atoms with Crippen LogP contribution in [0.3, 0.4) is 0 Å². The first-order valence-corrected chi connectivity index (χ1v) is 12.0. The van der Waals surface area contributed by atoms with Crippen LogP contribution < -0.4 is 15.5 Å². The number of phenolic OH excluding ortho intramolecular Hbond substituents is 1. The number of hydrogen-bond donors (Lipinski definition) is 3. The van der Waals surface area contributed by atoms with Crippen molar-refractivity contribution in [1.29, 1.82) is 0 Å². The number of fused-ring (bicyclic) bond motifs is 2. The van der Waals surface area contributed by atoms with Crippen molar-refractivity contribution in [3.63, 3.8) is 0 Å². The van der Waals surface area contributed by atoms with Gasteiger partial charge in [0.2, 0.25) is 0 Å². The standard InChI is InChI=1S/C26H31N7O2/c1-6-27-26(35)23-19-10-18(33-11-14(2)28-15(3)12-33)7-8-21(19)29-25(30-23)20-9-17-13-32(5)31-22(17)16(4)24(20)34/h7-10,13-15,28,34H,6,11-12H2,1-5H3,(H,27,35)/t14-,15+. The molecule has 2 atom stereocenters. The lowest BCUT2D eigenvalue weighted by Crippen LogP contribution is -2.54. The summed E-state index contributed by atoms with van der Waals surface area (Å²) in [6, 6.07) is 8.53. The number of nitrogens with one attached hydrogen (secondary N) is 2. The number of anilines is 1. The number of rotatable bonds is 4. The van der Waals surface area contributed by atoms with Gasteiger partial charge in [-0.25, -0.2) is 9.97 Å². The Kier molecular flexibility index (Phi) is 5.80. The summed E-state index contributed by atoms with van der Waals surface area (Å²) in [6.07, 6.45) is 1.89. The molecule has 1 saturated heterocycles. The molecule has 5 rings (SSSR count). The maximum Gasteiger partial charge on any atom is 0.270 e. The lowest BCUT2D eigenvalue weighted by atomic mass is 10.0. The highest BCUT2D eigenvalue weighted by atomic mass is 16.3. The highest BCUT2D eigenvalue weighted by molar-refractivity contribution is 6.06. The van der Waals surface area contributed by atoms with Crippen molar-refractivity contribution < 1.29 is 9.90 Å². The van der Waals surface area contributed by atoms with Gasteiger partial charge in [-0.2, -0.15) is 5.10 Å². The zero-order valence-electron chi connectivity index (χ0n) is 20.8. The number of aryl methyl sites for hydroxylation is 2. The Morgan fingerprint density at radius 1 is 1.20 bits per heavy atom. The smallest absolute Gasteiger partial charge is 0.270 e. The highest BCUT2D eigenvalue weighted by Crippen LogP contribution is 2.36. The van der Waals surface area contributed by atoms with Crippen molar-refractivity contribution in [3.8, 4) is 17.1 Å². The Bertz CT molecular complexity index is 1440. The predicted octanol–water partition coefficient (Wildman–Crippen LogP) is 3.13. The molecule has 3 N–H and O–H groups in total. The van der Waals surface area contributed by atoms with E-state index in [9.17, 15) is 9.90 Å². The maximum atomic E-state index is 13.1. The third-order valence-corrected chi connectivity index (χ3v) is 6.52. The quantitative estimate of drug-likeness (QED) is 0.418. The van der Waals surface area contributed by atoms with Gasteiger partial charge in [-0.3, -0.25) is 9.48 Å². The largest absolute Gasteiger partial charge is 0.507 e. The molecule has 0 spiro atoms. The van der Waals surface area contributed by atoms with Crippen LogP contribution in [0.2, 0.25) is 0 Å². The van der Waals surface area contributed by atoms with E-state index in [0.717, 1.165) is 29.7 Å². The van der Waals surface area contributed by atoms with E-state index in [1.54, 1.807) is 4.68 Å². The molecule has 9 heteroatoms. The molecule has 1 aliphatic heterocycles. The number of phenols is 1. The number of carbonyl (C=O) groups excluding carboxylic acids is 1. The minimum atomic E-state index is -0.265. The van der Waals surface area contributed by atoms with Gasteiger partial charge < -0.3 is 20.6 Å². The maximum absolute atomic E-state index is 13.1. The van der Waals surface area contributed by atoms with E-state index in [4.69, 9.17) is 4.98 Å². The Morgan fingerprint density at radius 2 is 1.94 bits per heavy atom. The van der Waals surface area contributed by atoms with Crippen LogP contribution in [0, 0.1) is 6.92 Å². The van der Waals surface area contributed by atoms with Crippen LogP contribution >= 0.6 is 0 Å². The predicted molar refractivity (Wildman–Crippen MR) is 138 cm³/mol. The Labute approximate surface area is 204 Å². The number of benzene rings is 2. The van der Waals surface area contributed by atoms with Crippen molar-refractivity contribution in [2.45, 2.75) is 39.8 Å². The Hall–Kier alpha value is -3.72. The van der Waals surface area contributed by atoms with E-state index in [0.29, 0.717) is 52.2 Å². The summed E-state index contributed by atoms with van der Waals surface area (Å²) in [5.41, 5.74) is 3.84. The molecular weight excluding hydrogens is 442 g/mol. The first-order valence-electron chi connectivity index (χ1n) is 12.0. The number of hydrogen-bond acceptors (Lipinski definition) is 7. The van der Waals surface area contributed by atoms with E-state index >= 15 is 0 Å².